The van der Waals surface area contributed by atoms with E-state index in [1.807, 2.05) is 12.1 Å². The van der Waals surface area contributed by atoms with Gasteiger partial charge in [0.2, 0.25) is 0 Å². The molecule has 0 amide bonds. The van der Waals surface area contributed by atoms with E-state index in [2.05, 4.69) is 17.4 Å². The summed E-state index contributed by atoms with van der Waals surface area (Å²) in [4.78, 5) is 0. The quantitative estimate of drug-likeness (QED) is 0.859. The average molecular weight is 268 g/mol. The van der Waals surface area contributed by atoms with E-state index in [-0.39, 0.29) is 0 Å². The zero-order valence-electron chi connectivity index (χ0n) is 10.7. The molecule has 0 aromatic heterocycles. The van der Waals surface area contributed by atoms with E-state index in [1.54, 1.807) is 0 Å². The van der Waals surface area contributed by atoms with Gasteiger partial charge in [0, 0.05) is 18.2 Å². The molecule has 0 radical (unpaired) electrons. The van der Waals surface area contributed by atoms with E-state index >= 15 is 0 Å². The summed E-state index contributed by atoms with van der Waals surface area (Å²) in [5, 5.41) is 13.7. The number of aliphatic hydroxyl groups excluding tert-OH is 1. The molecule has 18 heavy (non-hydrogen) atoms. The molecule has 0 saturated heterocycles. The Morgan fingerprint density at radius 2 is 1.78 bits per heavy atom. The van der Waals surface area contributed by atoms with Gasteiger partial charge in [0.05, 0.1) is 0 Å². The third kappa shape index (κ3) is 3.98. The maximum Gasteiger partial charge on any atom is 0.0462 e. The number of halogens is 1. The fraction of sp³-hybridized carbons (Fsp3) is 0.600. The third-order valence-corrected chi connectivity index (χ3v) is 4.20. The van der Waals surface area contributed by atoms with Gasteiger partial charge in [-0.3, -0.25) is 0 Å². The van der Waals surface area contributed by atoms with Crippen LogP contribution in [0.5, 0.6) is 0 Å². The number of hydrogen-bond acceptors (Lipinski definition) is 2. The third-order valence-electron chi connectivity index (χ3n) is 3.95. The Morgan fingerprint density at radius 3 is 2.44 bits per heavy atom. The van der Waals surface area contributed by atoms with Crippen molar-refractivity contribution in [3.8, 4) is 0 Å². The van der Waals surface area contributed by atoms with Crippen LogP contribution in [0.1, 0.15) is 31.2 Å². The molecule has 2 N–H and O–H groups in total. The Balaban J connectivity index is 1.75. The highest BCUT2D eigenvalue weighted by molar-refractivity contribution is 6.30. The molecule has 2 atom stereocenters. The fourth-order valence-electron chi connectivity index (χ4n) is 2.80. The Morgan fingerprint density at radius 1 is 1.11 bits per heavy atom. The van der Waals surface area contributed by atoms with Gasteiger partial charge in [-0.15, -0.1) is 0 Å². The molecule has 3 heteroatoms. The number of nitrogens with one attached hydrogen (secondary N) is 1. The summed E-state index contributed by atoms with van der Waals surface area (Å²) < 4.78 is 0. The highest BCUT2D eigenvalue weighted by atomic mass is 35.5. The molecule has 0 spiro atoms. The summed E-state index contributed by atoms with van der Waals surface area (Å²) in [6, 6.07) is 7.96. The topological polar surface area (TPSA) is 32.3 Å². The SMILES string of the molecule is OCC1CCCCC1CNCc1ccc(Cl)cc1. The second-order valence-electron chi connectivity index (χ2n) is 5.24. The van der Waals surface area contributed by atoms with E-state index in [0.29, 0.717) is 18.4 Å². The molecule has 2 nitrogen and oxygen atoms in total. The minimum atomic E-state index is 0.341. The van der Waals surface area contributed by atoms with Crippen LogP contribution in [0.4, 0.5) is 0 Å². The molecule has 0 aliphatic heterocycles. The Labute approximate surface area is 114 Å². The van der Waals surface area contributed by atoms with Gasteiger partial charge in [0.15, 0.2) is 0 Å². The summed E-state index contributed by atoms with van der Waals surface area (Å²) in [5.74, 6) is 1.13. The Kier molecular flexibility index (Phi) is 5.48. The number of hydrogen-bond donors (Lipinski definition) is 2. The van der Waals surface area contributed by atoms with Gasteiger partial charge in [-0.25, -0.2) is 0 Å². The zero-order chi connectivity index (χ0) is 12.8. The van der Waals surface area contributed by atoms with Crippen LogP contribution in [0.25, 0.3) is 0 Å². The molecule has 1 aromatic rings. The molecule has 1 aliphatic rings. The molecule has 0 bridgehead atoms. The largest absolute Gasteiger partial charge is 0.396 e. The van der Waals surface area contributed by atoms with Crippen LogP contribution >= 0.6 is 11.6 Å². The van der Waals surface area contributed by atoms with Crippen molar-refractivity contribution in [3.05, 3.63) is 34.9 Å². The first-order valence-corrected chi connectivity index (χ1v) is 7.23. The minimum absolute atomic E-state index is 0.341. The van der Waals surface area contributed by atoms with Crippen LogP contribution < -0.4 is 5.32 Å². The van der Waals surface area contributed by atoms with Crippen LogP contribution in [0, 0.1) is 11.8 Å². The van der Waals surface area contributed by atoms with Crippen molar-refractivity contribution < 1.29 is 5.11 Å². The molecule has 2 rings (SSSR count). The zero-order valence-corrected chi connectivity index (χ0v) is 11.5. The van der Waals surface area contributed by atoms with Crippen LogP contribution in [-0.4, -0.2) is 18.3 Å². The van der Waals surface area contributed by atoms with Crippen LogP contribution in [-0.2, 0) is 6.54 Å². The van der Waals surface area contributed by atoms with E-state index in [0.717, 1.165) is 18.1 Å². The Bertz CT molecular complexity index is 352. The minimum Gasteiger partial charge on any atom is -0.396 e. The lowest BCUT2D eigenvalue weighted by molar-refractivity contribution is 0.133. The molecule has 1 aromatic carbocycles. The van der Waals surface area contributed by atoms with Gasteiger partial charge in [-0.2, -0.15) is 0 Å². The lowest BCUT2D eigenvalue weighted by atomic mass is 9.79. The van der Waals surface area contributed by atoms with Crippen molar-refractivity contribution >= 4 is 11.6 Å². The fourth-order valence-corrected chi connectivity index (χ4v) is 2.92. The molecular weight excluding hydrogens is 246 g/mol. The molecule has 100 valence electrons. The molecule has 1 aliphatic carbocycles. The van der Waals surface area contributed by atoms with E-state index < -0.39 is 0 Å². The first kappa shape index (κ1) is 13.9. The lowest BCUT2D eigenvalue weighted by Gasteiger charge is -2.30. The van der Waals surface area contributed by atoms with Gasteiger partial charge >= 0.3 is 0 Å². The summed E-state index contributed by atoms with van der Waals surface area (Å²) in [6.45, 7) is 2.23. The van der Waals surface area contributed by atoms with Gasteiger partial charge in [-0.05, 0) is 48.9 Å². The van der Waals surface area contributed by atoms with Crippen molar-refractivity contribution in [2.45, 2.75) is 32.2 Å². The molecular formula is C15H22ClNO. The van der Waals surface area contributed by atoms with Gasteiger partial charge in [0.25, 0.3) is 0 Å². The van der Waals surface area contributed by atoms with Crippen molar-refractivity contribution in [2.75, 3.05) is 13.2 Å². The predicted molar refractivity (Wildman–Crippen MR) is 75.7 cm³/mol. The van der Waals surface area contributed by atoms with Crippen LogP contribution in [0.3, 0.4) is 0 Å². The van der Waals surface area contributed by atoms with Gasteiger partial charge < -0.3 is 10.4 Å². The van der Waals surface area contributed by atoms with Crippen LogP contribution in [0.2, 0.25) is 5.02 Å². The van der Waals surface area contributed by atoms with Crippen molar-refractivity contribution in [3.63, 3.8) is 0 Å². The maximum atomic E-state index is 9.37. The van der Waals surface area contributed by atoms with E-state index in [9.17, 15) is 5.11 Å². The summed E-state index contributed by atoms with van der Waals surface area (Å²) in [6.07, 6.45) is 5.02. The van der Waals surface area contributed by atoms with E-state index in [1.165, 1.54) is 31.2 Å². The monoisotopic (exact) mass is 267 g/mol. The molecule has 1 saturated carbocycles. The molecule has 0 heterocycles. The second kappa shape index (κ2) is 7.13. The van der Waals surface area contributed by atoms with E-state index in [4.69, 9.17) is 11.6 Å². The first-order valence-electron chi connectivity index (χ1n) is 6.85. The van der Waals surface area contributed by atoms with Crippen molar-refractivity contribution in [2.24, 2.45) is 11.8 Å². The normalized spacial score (nSPS) is 24.1. The van der Waals surface area contributed by atoms with Gasteiger partial charge in [0.1, 0.15) is 0 Å². The van der Waals surface area contributed by atoms with Crippen LogP contribution in [0.15, 0.2) is 24.3 Å². The molecule has 2 unspecified atom stereocenters. The van der Waals surface area contributed by atoms with Gasteiger partial charge in [-0.1, -0.05) is 36.6 Å². The number of aliphatic hydroxyl groups is 1. The van der Waals surface area contributed by atoms with Crippen molar-refractivity contribution in [1.29, 1.82) is 0 Å². The molecule has 1 fully saturated rings. The summed E-state index contributed by atoms with van der Waals surface area (Å²) in [5.41, 5.74) is 1.26. The second-order valence-corrected chi connectivity index (χ2v) is 5.68. The predicted octanol–water partition coefficient (Wildman–Crippen LogP) is 3.23. The first-order chi connectivity index (χ1) is 8.79. The number of rotatable bonds is 5. The summed E-state index contributed by atoms with van der Waals surface area (Å²) >= 11 is 5.86. The smallest absolute Gasteiger partial charge is 0.0462 e. The van der Waals surface area contributed by atoms with Crippen molar-refractivity contribution in [1.82, 2.24) is 5.32 Å². The standard InChI is InChI=1S/C15H22ClNO/c16-15-7-5-12(6-8-15)9-17-10-13-3-1-2-4-14(13)11-18/h5-8,13-14,17-18H,1-4,9-11H2. The average Bonchev–Trinajstić information content (AvgIpc) is 2.41. The maximum absolute atomic E-state index is 9.37. The summed E-state index contributed by atoms with van der Waals surface area (Å²) in [7, 11) is 0. The Hall–Kier alpha value is -0.570. The lowest BCUT2D eigenvalue weighted by Crippen LogP contribution is -2.32. The highest BCUT2D eigenvalue weighted by Crippen LogP contribution is 2.29. The highest BCUT2D eigenvalue weighted by Gasteiger charge is 2.23. The number of benzene rings is 1.